The Morgan fingerprint density at radius 2 is 1.97 bits per heavy atom. The third-order valence-electron chi connectivity index (χ3n) is 5.80. The number of aromatic nitrogens is 2. The zero-order chi connectivity index (χ0) is 22.5. The number of carbonyl (C=O) groups is 1. The number of nitrogens with zero attached hydrogens (tertiary/aromatic N) is 3. The molecule has 1 aromatic carbocycles. The summed E-state index contributed by atoms with van der Waals surface area (Å²) in [7, 11) is 3.36. The Balaban J connectivity index is 1.40. The molecule has 1 aliphatic heterocycles. The van der Waals surface area contributed by atoms with E-state index in [2.05, 4.69) is 27.3 Å². The van der Waals surface area contributed by atoms with Crippen LogP contribution >= 0.6 is 23.1 Å². The molecule has 0 bridgehead atoms. The van der Waals surface area contributed by atoms with Crippen LogP contribution in [0.4, 0.5) is 0 Å². The molecule has 1 N–H and O–H groups in total. The minimum Gasteiger partial charge on any atom is -0.497 e. The quantitative estimate of drug-likeness (QED) is 0.400. The summed E-state index contributed by atoms with van der Waals surface area (Å²) in [5.74, 6) is 0.975. The lowest BCUT2D eigenvalue weighted by atomic mass is 10.0. The fraction of sp³-hybridized carbons (Fsp3) is 0.435. The second-order valence-corrected chi connectivity index (χ2v) is 9.73. The Morgan fingerprint density at radius 1 is 1.22 bits per heavy atom. The Labute approximate surface area is 195 Å². The number of piperidine rings is 1. The van der Waals surface area contributed by atoms with Crippen LogP contribution in [0.2, 0.25) is 0 Å². The molecule has 1 amide bonds. The van der Waals surface area contributed by atoms with Gasteiger partial charge in [0, 0.05) is 13.6 Å². The van der Waals surface area contributed by atoms with E-state index in [1.165, 1.54) is 52.5 Å². The number of fused-ring (bicyclic) bond motifs is 1. The number of likely N-dealkylation sites (tertiary alicyclic amines) is 1. The van der Waals surface area contributed by atoms with Crippen molar-refractivity contribution in [1.82, 2.24) is 19.8 Å². The third-order valence-corrected chi connectivity index (χ3v) is 7.72. The van der Waals surface area contributed by atoms with E-state index in [-0.39, 0.29) is 23.3 Å². The summed E-state index contributed by atoms with van der Waals surface area (Å²) in [5.41, 5.74) is 1.79. The molecular formula is C23H28N4O3S2. The molecule has 1 unspecified atom stereocenters. The zero-order valence-corrected chi connectivity index (χ0v) is 20.0. The highest BCUT2D eigenvalue weighted by Crippen LogP contribution is 2.26. The Morgan fingerprint density at radius 3 is 2.69 bits per heavy atom. The van der Waals surface area contributed by atoms with Crippen molar-refractivity contribution in [3.63, 3.8) is 0 Å². The van der Waals surface area contributed by atoms with Crippen molar-refractivity contribution in [2.45, 2.75) is 30.5 Å². The van der Waals surface area contributed by atoms with Crippen molar-refractivity contribution < 1.29 is 9.53 Å². The first-order valence-electron chi connectivity index (χ1n) is 10.8. The molecular weight excluding hydrogens is 444 g/mol. The number of amides is 1. The summed E-state index contributed by atoms with van der Waals surface area (Å²) in [4.78, 5) is 32.1. The van der Waals surface area contributed by atoms with Gasteiger partial charge in [-0.25, -0.2) is 4.98 Å². The van der Waals surface area contributed by atoms with Gasteiger partial charge in [-0.3, -0.25) is 19.1 Å². The van der Waals surface area contributed by atoms with E-state index in [0.717, 1.165) is 18.8 Å². The Bertz CT molecular complexity index is 1120. The number of ether oxygens (including phenoxy) is 1. The van der Waals surface area contributed by atoms with Gasteiger partial charge in [0.1, 0.15) is 10.4 Å². The standard InChI is InChI=1S/C23H28N4O3S2/c1-26-22(29)21-18(10-13-31-21)25-23(26)32-15-20(28)24-14-19(27-11-4-3-5-12-27)16-6-8-17(30-2)9-7-16/h6-10,13,19H,3-5,11-12,14-15H2,1-2H3,(H,24,28). The van der Waals surface area contributed by atoms with E-state index in [0.29, 0.717) is 21.9 Å². The number of nitrogens with one attached hydrogen (secondary N) is 1. The topological polar surface area (TPSA) is 76.5 Å². The predicted octanol–water partition coefficient (Wildman–Crippen LogP) is 3.44. The van der Waals surface area contributed by atoms with Crippen molar-refractivity contribution in [3.8, 4) is 5.75 Å². The lowest BCUT2D eigenvalue weighted by Gasteiger charge is -2.35. The van der Waals surface area contributed by atoms with Crippen LogP contribution in [0.3, 0.4) is 0 Å². The lowest BCUT2D eigenvalue weighted by molar-refractivity contribution is -0.118. The molecule has 0 radical (unpaired) electrons. The lowest BCUT2D eigenvalue weighted by Crippen LogP contribution is -2.41. The number of methoxy groups -OCH3 is 1. The second-order valence-electron chi connectivity index (χ2n) is 7.87. The van der Waals surface area contributed by atoms with Crippen LogP contribution in [-0.2, 0) is 11.8 Å². The number of hydrogen-bond donors (Lipinski definition) is 1. The monoisotopic (exact) mass is 472 g/mol. The molecule has 0 aliphatic carbocycles. The number of rotatable bonds is 8. The summed E-state index contributed by atoms with van der Waals surface area (Å²) in [5, 5.41) is 5.51. The van der Waals surface area contributed by atoms with Gasteiger partial charge >= 0.3 is 0 Å². The van der Waals surface area contributed by atoms with Crippen LogP contribution in [-0.4, -0.2) is 52.9 Å². The van der Waals surface area contributed by atoms with Crippen molar-refractivity contribution in [2.24, 2.45) is 7.05 Å². The van der Waals surface area contributed by atoms with Crippen molar-refractivity contribution >= 4 is 39.2 Å². The van der Waals surface area contributed by atoms with Crippen molar-refractivity contribution in [3.05, 3.63) is 51.6 Å². The summed E-state index contributed by atoms with van der Waals surface area (Å²) in [6, 6.07) is 10.1. The zero-order valence-electron chi connectivity index (χ0n) is 18.4. The number of thioether (sulfide) groups is 1. The average molecular weight is 473 g/mol. The SMILES string of the molecule is COc1ccc(C(CNC(=O)CSc2nc3ccsc3c(=O)n2C)N2CCCCC2)cc1. The van der Waals surface area contributed by atoms with E-state index in [9.17, 15) is 9.59 Å². The highest BCUT2D eigenvalue weighted by molar-refractivity contribution is 7.99. The maximum absolute atomic E-state index is 12.7. The maximum atomic E-state index is 12.7. The molecule has 2 aromatic heterocycles. The first-order valence-corrected chi connectivity index (χ1v) is 12.6. The van der Waals surface area contributed by atoms with Gasteiger partial charge in [-0.1, -0.05) is 30.3 Å². The van der Waals surface area contributed by atoms with Gasteiger partial charge in [0.05, 0.1) is 24.4 Å². The Kier molecular flexibility index (Phi) is 7.49. The molecule has 1 atom stereocenters. The fourth-order valence-electron chi connectivity index (χ4n) is 4.00. The molecule has 1 fully saturated rings. The molecule has 170 valence electrons. The normalized spacial score (nSPS) is 15.6. The number of hydrogen-bond acceptors (Lipinski definition) is 7. The first-order chi connectivity index (χ1) is 15.6. The summed E-state index contributed by atoms with van der Waals surface area (Å²) >= 11 is 2.68. The van der Waals surface area contributed by atoms with Crippen LogP contribution in [0.5, 0.6) is 5.75 Å². The smallest absolute Gasteiger partial charge is 0.271 e. The molecule has 7 nitrogen and oxygen atoms in total. The van der Waals surface area contributed by atoms with Crippen LogP contribution in [0, 0.1) is 0 Å². The van der Waals surface area contributed by atoms with Crippen LogP contribution in [0.1, 0.15) is 30.9 Å². The van der Waals surface area contributed by atoms with Crippen molar-refractivity contribution in [2.75, 3.05) is 32.5 Å². The summed E-state index contributed by atoms with van der Waals surface area (Å²) < 4.78 is 7.45. The maximum Gasteiger partial charge on any atom is 0.271 e. The minimum absolute atomic E-state index is 0.0646. The van der Waals surface area contributed by atoms with E-state index >= 15 is 0 Å². The van der Waals surface area contributed by atoms with Crippen LogP contribution in [0.15, 0.2) is 45.7 Å². The predicted molar refractivity (Wildman–Crippen MR) is 130 cm³/mol. The highest BCUT2D eigenvalue weighted by Gasteiger charge is 2.23. The highest BCUT2D eigenvalue weighted by atomic mass is 32.2. The van der Waals surface area contributed by atoms with Gasteiger partial charge in [0.25, 0.3) is 5.56 Å². The molecule has 0 spiro atoms. The van der Waals surface area contributed by atoms with Crippen LogP contribution in [0.25, 0.3) is 10.2 Å². The van der Waals surface area contributed by atoms with E-state index < -0.39 is 0 Å². The molecule has 0 saturated carbocycles. The molecule has 1 saturated heterocycles. The molecule has 9 heteroatoms. The average Bonchev–Trinajstić information content (AvgIpc) is 3.30. The van der Waals surface area contributed by atoms with Crippen LogP contribution < -0.4 is 15.6 Å². The van der Waals surface area contributed by atoms with Gasteiger partial charge in [0.15, 0.2) is 5.16 Å². The number of carbonyl (C=O) groups excluding carboxylic acids is 1. The van der Waals surface area contributed by atoms with E-state index in [1.54, 1.807) is 14.2 Å². The van der Waals surface area contributed by atoms with Gasteiger partial charge < -0.3 is 10.1 Å². The fourth-order valence-corrected chi connectivity index (χ4v) is 5.61. The first kappa shape index (κ1) is 22.8. The van der Waals surface area contributed by atoms with Crippen molar-refractivity contribution in [1.29, 1.82) is 0 Å². The van der Waals surface area contributed by atoms with Gasteiger partial charge in [-0.2, -0.15) is 0 Å². The van der Waals surface area contributed by atoms with E-state index in [1.807, 2.05) is 23.6 Å². The van der Waals surface area contributed by atoms with Gasteiger partial charge in [-0.05, 0) is 55.1 Å². The molecule has 3 heterocycles. The number of benzene rings is 1. The molecule has 1 aliphatic rings. The molecule has 32 heavy (non-hydrogen) atoms. The third kappa shape index (κ3) is 5.16. The molecule has 3 aromatic rings. The summed E-state index contributed by atoms with van der Waals surface area (Å²) in [6.07, 6.45) is 3.62. The summed E-state index contributed by atoms with van der Waals surface area (Å²) in [6.45, 7) is 2.61. The molecule has 4 rings (SSSR count). The minimum atomic E-state index is -0.0717. The van der Waals surface area contributed by atoms with Gasteiger partial charge in [0.2, 0.25) is 5.91 Å². The van der Waals surface area contributed by atoms with Gasteiger partial charge in [-0.15, -0.1) is 11.3 Å². The number of thiophene rings is 1. The second kappa shape index (κ2) is 10.5. The largest absolute Gasteiger partial charge is 0.497 e. The Hall–Kier alpha value is -2.36. The van der Waals surface area contributed by atoms with E-state index in [4.69, 9.17) is 4.74 Å².